The summed E-state index contributed by atoms with van der Waals surface area (Å²) in [5.74, 6) is -0.631. The number of carbonyl (C=O) groups is 1. The molecule has 1 aromatic carbocycles. The van der Waals surface area contributed by atoms with Gasteiger partial charge >= 0.3 is 0 Å². The van der Waals surface area contributed by atoms with Crippen molar-refractivity contribution in [2.24, 2.45) is 0 Å². The molecule has 2 aromatic heterocycles. The average Bonchev–Trinajstić information content (AvgIpc) is 3.06. The first-order valence-corrected chi connectivity index (χ1v) is 10.3. The summed E-state index contributed by atoms with van der Waals surface area (Å²) in [6.45, 7) is 1.46. The van der Waals surface area contributed by atoms with Crippen molar-refractivity contribution in [1.29, 1.82) is 0 Å². The summed E-state index contributed by atoms with van der Waals surface area (Å²) in [6.07, 6.45) is 3.85. The summed E-state index contributed by atoms with van der Waals surface area (Å²) in [7, 11) is -3.72. The Labute approximate surface area is 153 Å². The second-order valence-corrected chi connectivity index (χ2v) is 8.32. The van der Waals surface area contributed by atoms with Crippen LogP contribution in [0.3, 0.4) is 0 Å². The zero-order valence-corrected chi connectivity index (χ0v) is 15.6. The number of para-hydroxylation sites is 1. The Morgan fingerprint density at radius 1 is 1.31 bits per heavy atom. The molecule has 0 bridgehead atoms. The lowest BCUT2D eigenvalue weighted by atomic mass is 10.2. The van der Waals surface area contributed by atoms with Crippen LogP contribution in [-0.2, 0) is 14.8 Å². The highest BCUT2D eigenvalue weighted by molar-refractivity contribution is 7.92. The van der Waals surface area contributed by atoms with Gasteiger partial charge in [-0.3, -0.25) is 18.3 Å². The average molecular weight is 392 g/mol. The number of thiazole rings is 1. The fourth-order valence-corrected chi connectivity index (χ4v) is 4.38. The van der Waals surface area contributed by atoms with Crippen molar-refractivity contribution < 1.29 is 13.2 Å². The Hall–Kier alpha value is -2.72. The second-order valence-electron chi connectivity index (χ2n) is 5.59. The van der Waals surface area contributed by atoms with E-state index in [0.29, 0.717) is 10.6 Å². The first-order chi connectivity index (χ1) is 12.3. The van der Waals surface area contributed by atoms with Crippen LogP contribution < -0.4 is 15.2 Å². The smallest absolute Gasteiger partial charge is 0.282 e. The summed E-state index contributed by atoms with van der Waals surface area (Å²) in [5, 5.41) is 4.19. The van der Waals surface area contributed by atoms with Crippen LogP contribution >= 0.6 is 11.3 Å². The van der Waals surface area contributed by atoms with Gasteiger partial charge in [0.1, 0.15) is 11.7 Å². The number of hydrogen-bond acceptors (Lipinski definition) is 6. The predicted molar refractivity (Wildman–Crippen MR) is 101 cm³/mol. The summed E-state index contributed by atoms with van der Waals surface area (Å²) in [4.78, 5) is 29.6. The number of amides is 1. The topological polar surface area (TPSA) is 101 Å². The molecule has 1 N–H and O–H groups in total. The molecular formula is C16H16N4O4S2. The van der Waals surface area contributed by atoms with Crippen molar-refractivity contribution in [3.63, 3.8) is 0 Å². The Kier molecular flexibility index (Phi) is 4.79. The van der Waals surface area contributed by atoms with Gasteiger partial charge in [-0.15, -0.1) is 11.3 Å². The lowest BCUT2D eigenvalue weighted by Gasteiger charge is -2.28. The van der Waals surface area contributed by atoms with Crippen LogP contribution in [0, 0.1) is 0 Å². The van der Waals surface area contributed by atoms with Gasteiger partial charge in [0.25, 0.3) is 5.56 Å². The first-order valence-electron chi connectivity index (χ1n) is 7.59. The van der Waals surface area contributed by atoms with E-state index in [0.717, 1.165) is 10.6 Å². The van der Waals surface area contributed by atoms with Crippen LogP contribution in [0.15, 0.2) is 52.9 Å². The van der Waals surface area contributed by atoms with Gasteiger partial charge in [0.05, 0.1) is 18.1 Å². The van der Waals surface area contributed by atoms with Crippen molar-refractivity contribution >= 4 is 43.6 Å². The highest BCUT2D eigenvalue weighted by atomic mass is 32.2. The van der Waals surface area contributed by atoms with Gasteiger partial charge < -0.3 is 5.32 Å². The van der Waals surface area contributed by atoms with E-state index in [1.165, 1.54) is 28.9 Å². The standard InChI is InChI=1S/C16H16N4O4S2/c1-11(20(26(2,23)24)12-6-4-3-5-7-12)14(21)18-13-10-17-16-19(15(13)22)8-9-25-16/h3-11H,1-2H3,(H,18,21). The van der Waals surface area contributed by atoms with E-state index >= 15 is 0 Å². The number of benzene rings is 1. The SMILES string of the molecule is CC(C(=O)Nc1cnc2sccn2c1=O)N(c1ccccc1)S(C)(=O)=O. The summed E-state index contributed by atoms with van der Waals surface area (Å²) >= 11 is 1.29. The fraction of sp³-hybridized carbons (Fsp3) is 0.188. The zero-order valence-electron chi connectivity index (χ0n) is 14.0. The Balaban J connectivity index is 1.92. The van der Waals surface area contributed by atoms with Gasteiger partial charge in [-0.2, -0.15) is 0 Å². The quantitative estimate of drug-likeness (QED) is 0.710. The Bertz CT molecular complexity index is 1110. The highest BCUT2D eigenvalue weighted by Crippen LogP contribution is 2.20. The number of sulfonamides is 1. The third-order valence-corrected chi connectivity index (χ3v) is 5.71. The van der Waals surface area contributed by atoms with Crippen molar-refractivity contribution in [3.05, 3.63) is 58.5 Å². The third kappa shape index (κ3) is 3.46. The maximum atomic E-state index is 12.6. The van der Waals surface area contributed by atoms with Crippen LogP contribution in [-0.4, -0.2) is 36.0 Å². The molecule has 3 rings (SSSR count). The second kappa shape index (κ2) is 6.89. The molecule has 1 amide bonds. The van der Waals surface area contributed by atoms with Gasteiger partial charge in [-0.1, -0.05) is 18.2 Å². The summed E-state index contributed by atoms with van der Waals surface area (Å²) in [6, 6.07) is 7.24. The number of aromatic nitrogens is 2. The molecular weight excluding hydrogens is 376 g/mol. The molecule has 2 heterocycles. The normalized spacial score (nSPS) is 12.7. The number of nitrogens with zero attached hydrogens (tertiary/aromatic N) is 3. The van der Waals surface area contributed by atoms with Gasteiger partial charge in [-0.05, 0) is 19.1 Å². The number of nitrogens with one attached hydrogen (secondary N) is 1. The molecule has 3 aromatic rings. The van der Waals surface area contributed by atoms with Gasteiger partial charge in [0.15, 0.2) is 4.96 Å². The number of hydrogen-bond donors (Lipinski definition) is 1. The van der Waals surface area contributed by atoms with Gasteiger partial charge in [0, 0.05) is 11.6 Å². The summed E-state index contributed by atoms with van der Waals surface area (Å²) < 4.78 is 26.7. The van der Waals surface area contributed by atoms with E-state index in [4.69, 9.17) is 0 Å². The number of carbonyl (C=O) groups excluding carboxylic acids is 1. The Morgan fingerprint density at radius 3 is 2.65 bits per heavy atom. The molecule has 0 saturated heterocycles. The van der Waals surface area contributed by atoms with Crippen LogP contribution in [0.25, 0.3) is 4.96 Å². The van der Waals surface area contributed by atoms with E-state index in [1.807, 2.05) is 0 Å². The fourth-order valence-electron chi connectivity index (χ4n) is 2.53. The molecule has 26 heavy (non-hydrogen) atoms. The maximum absolute atomic E-state index is 12.6. The molecule has 0 spiro atoms. The van der Waals surface area contributed by atoms with Gasteiger partial charge in [0.2, 0.25) is 15.9 Å². The molecule has 1 unspecified atom stereocenters. The largest absolute Gasteiger partial charge is 0.318 e. The van der Waals surface area contributed by atoms with E-state index in [1.54, 1.807) is 41.9 Å². The van der Waals surface area contributed by atoms with Crippen LogP contribution in [0.5, 0.6) is 0 Å². The molecule has 0 aliphatic carbocycles. The molecule has 0 aliphatic rings. The highest BCUT2D eigenvalue weighted by Gasteiger charge is 2.29. The molecule has 0 aliphatic heterocycles. The Morgan fingerprint density at radius 2 is 2.00 bits per heavy atom. The molecule has 8 nitrogen and oxygen atoms in total. The van der Waals surface area contributed by atoms with Crippen molar-refractivity contribution in [3.8, 4) is 0 Å². The van der Waals surface area contributed by atoms with Crippen LogP contribution in [0.1, 0.15) is 6.92 Å². The molecule has 0 fully saturated rings. The van der Waals surface area contributed by atoms with E-state index < -0.39 is 27.5 Å². The minimum Gasteiger partial charge on any atom is -0.318 e. The van der Waals surface area contributed by atoms with Crippen molar-refractivity contribution in [2.75, 3.05) is 15.9 Å². The van der Waals surface area contributed by atoms with Crippen LogP contribution in [0.4, 0.5) is 11.4 Å². The molecule has 0 saturated carbocycles. The number of rotatable bonds is 5. The van der Waals surface area contributed by atoms with Crippen LogP contribution in [0.2, 0.25) is 0 Å². The van der Waals surface area contributed by atoms with Crippen molar-refractivity contribution in [1.82, 2.24) is 9.38 Å². The first kappa shape index (κ1) is 18.1. The minimum atomic E-state index is -3.72. The van der Waals surface area contributed by atoms with Crippen molar-refractivity contribution in [2.45, 2.75) is 13.0 Å². The molecule has 10 heteroatoms. The van der Waals surface area contributed by atoms with E-state index in [9.17, 15) is 18.0 Å². The molecule has 136 valence electrons. The van der Waals surface area contributed by atoms with E-state index in [-0.39, 0.29) is 5.69 Å². The van der Waals surface area contributed by atoms with E-state index in [2.05, 4.69) is 10.3 Å². The molecule has 0 radical (unpaired) electrons. The minimum absolute atomic E-state index is 0.0146. The predicted octanol–water partition coefficient (Wildman–Crippen LogP) is 1.55. The molecule has 1 atom stereocenters. The monoisotopic (exact) mass is 392 g/mol. The number of fused-ring (bicyclic) bond motifs is 1. The lowest BCUT2D eigenvalue weighted by molar-refractivity contribution is -0.116. The maximum Gasteiger partial charge on any atom is 0.282 e. The summed E-state index contributed by atoms with van der Waals surface area (Å²) in [5.41, 5.74) is -0.0811. The lowest BCUT2D eigenvalue weighted by Crippen LogP contribution is -2.46. The van der Waals surface area contributed by atoms with Gasteiger partial charge in [-0.25, -0.2) is 13.4 Å². The third-order valence-electron chi connectivity index (χ3n) is 3.70. The zero-order chi connectivity index (χ0) is 18.9. The number of anilines is 2.